The largest absolute Gasteiger partial charge is 0.393 e. The highest BCUT2D eigenvalue weighted by Crippen LogP contribution is 2.18. The van der Waals surface area contributed by atoms with E-state index in [1.807, 2.05) is 13.0 Å². The fourth-order valence-electron chi connectivity index (χ4n) is 0.412. The van der Waals surface area contributed by atoms with Gasteiger partial charge in [0.15, 0.2) is 0 Å². The molecule has 0 bridgehead atoms. The molecule has 0 amide bonds. The first-order valence-electron chi connectivity index (χ1n) is 2.02. The van der Waals surface area contributed by atoms with Crippen molar-refractivity contribution in [1.82, 2.24) is 4.72 Å². The third-order valence-electron chi connectivity index (χ3n) is 0.689. The monoisotopic (exact) mass is 115 g/mol. The van der Waals surface area contributed by atoms with Crippen LogP contribution in [0.2, 0.25) is 0 Å². The highest BCUT2D eigenvalue weighted by Gasteiger charge is 2.06. The van der Waals surface area contributed by atoms with Gasteiger partial charge in [-0.2, -0.15) is 0 Å². The summed E-state index contributed by atoms with van der Waals surface area (Å²) in [6.45, 7) is 1.98. The van der Waals surface area contributed by atoms with Crippen molar-refractivity contribution in [2.24, 2.45) is 5.73 Å². The van der Waals surface area contributed by atoms with Crippen molar-refractivity contribution in [2.45, 2.75) is 6.92 Å². The van der Waals surface area contributed by atoms with Crippen LogP contribution in [-0.2, 0) is 0 Å². The zero-order valence-corrected chi connectivity index (χ0v) is 4.88. The summed E-state index contributed by atoms with van der Waals surface area (Å²) in [6, 6.07) is 1.13. The lowest BCUT2D eigenvalue weighted by Gasteiger charge is -1.91. The molecule has 39 valence electrons. The predicted molar refractivity (Wildman–Crippen MR) is 31.9 cm³/mol. The molecule has 1 heterocycles. The number of rotatable bonds is 0. The minimum absolute atomic E-state index is 0.845. The molecule has 3 heteroatoms. The average Bonchev–Trinajstić information content (AvgIpc) is 1.87. The van der Waals surface area contributed by atoms with E-state index in [4.69, 9.17) is 5.73 Å². The van der Waals surface area contributed by atoms with E-state index in [1.165, 1.54) is 11.9 Å². The molecule has 0 saturated carbocycles. The molecule has 0 atom stereocenters. The molecule has 2 nitrogen and oxygen atoms in total. The molecule has 0 saturated heterocycles. The van der Waals surface area contributed by atoms with E-state index in [1.54, 1.807) is 0 Å². The standard InChI is InChI=1S/C4H7N2S/c1-3-2-4(5)7-6-3/h2,6H,5H2,1H3. The lowest BCUT2D eigenvalue weighted by molar-refractivity contribution is 1.07. The summed E-state index contributed by atoms with van der Waals surface area (Å²) >= 11 is 1.46. The summed E-state index contributed by atoms with van der Waals surface area (Å²) in [5.74, 6) is 0. The van der Waals surface area contributed by atoms with Gasteiger partial charge in [0.2, 0.25) is 0 Å². The van der Waals surface area contributed by atoms with Crippen LogP contribution in [0.15, 0.2) is 11.1 Å². The van der Waals surface area contributed by atoms with Crippen molar-refractivity contribution >= 4 is 11.9 Å². The van der Waals surface area contributed by atoms with Gasteiger partial charge < -0.3 is 5.73 Å². The van der Waals surface area contributed by atoms with E-state index >= 15 is 0 Å². The van der Waals surface area contributed by atoms with Gasteiger partial charge in [0.05, 0.1) is 11.1 Å². The van der Waals surface area contributed by atoms with Crippen LogP contribution in [0.1, 0.15) is 6.92 Å². The van der Waals surface area contributed by atoms with E-state index in [2.05, 4.69) is 4.72 Å². The lowest BCUT2D eigenvalue weighted by Crippen LogP contribution is -1.99. The Bertz CT molecular complexity index is 99.9. The van der Waals surface area contributed by atoms with Gasteiger partial charge in [0, 0.05) is 0 Å². The third kappa shape index (κ3) is 1.11. The van der Waals surface area contributed by atoms with Crippen molar-refractivity contribution in [3.8, 4) is 0 Å². The van der Waals surface area contributed by atoms with Crippen molar-refractivity contribution in [3.05, 3.63) is 17.1 Å². The summed E-state index contributed by atoms with van der Waals surface area (Å²) in [5, 5.41) is 0.845. The highest BCUT2D eigenvalue weighted by atomic mass is 32.2. The second kappa shape index (κ2) is 1.76. The summed E-state index contributed by atoms with van der Waals surface area (Å²) in [5.41, 5.74) is 5.37. The van der Waals surface area contributed by atoms with Gasteiger partial charge in [-0.25, -0.2) is 4.72 Å². The zero-order valence-electron chi connectivity index (χ0n) is 4.06. The van der Waals surface area contributed by atoms with E-state index in [9.17, 15) is 0 Å². The van der Waals surface area contributed by atoms with Gasteiger partial charge in [-0.1, -0.05) is 0 Å². The van der Waals surface area contributed by atoms with Gasteiger partial charge >= 0.3 is 0 Å². The number of nitrogens with one attached hydrogen (secondary N) is 1. The van der Waals surface area contributed by atoms with Gasteiger partial charge in [-0.15, -0.1) is 0 Å². The van der Waals surface area contributed by atoms with Crippen LogP contribution in [0.3, 0.4) is 0 Å². The lowest BCUT2D eigenvalue weighted by atomic mass is 10.4. The molecule has 0 unspecified atom stereocenters. The molecule has 0 aromatic carbocycles. The molecule has 0 fully saturated rings. The Morgan fingerprint density at radius 1 is 1.86 bits per heavy atom. The molecule has 0 aromatic rings. The maximum atomic E-state index is 5.37. The Morgan fingerprint density at radius 3 is 2.71 bits per heavy atom. The molecule has 1 aliphatic heterocycles. The molecule has 3 N–H and O–H groups in total. The van der Waals surface area contributed by atoms with Crippen molar-refractivity contribution in [2.75, 3.05) is 0 Å². The van der Waals surface area contributed by atoms with Gasteiger partial charge in [0.1, 0.15) is 0 Å². The SMILES string of the molecule is C[C]1C=C(N)SN1. The smallest absolute Gasteiger partial charge is 0.0787 e. The molecule has 0 aromatic heterocycles. The zero-order chi connectivity index (χ0) is 5.28. The molecule has 1 aliphatic rings. The van der Waals surface area contributed by atoms with E-state index in [0.717, 1.165) is 11.1 Å². The van der Waals surface area contributed by atoms with E-state index in [-0.39, 0.29) is 0 Å². The molecule has 0 aliphatic carbocycles. The summed E-state index contributed by atoms with van der Waals surface area (Å²) in [7, 11) is 0. The number of nitrogens with two attached hydrogens (primary N) is 1. The normalized spacial score (nSPS) is 22.7. The minimum atomic E-state index is 0.845. The van der Waals surface area contributed by atoms with Gasteiger partial charge in [-0.05, 0) is 24.9 Å². The summed E-state index contributed by atoms with van der Waals surface area (Å²) in [4.78, 5) is 0. The van der Waals surface area contributed by atoms with Crippen molar-refractivity contribution < 1.29 is 0 Å². The maximum absolute atomic E-state index is 5.37. The number of hydrogen-bond donors (Lipinski definition) is 2. The Kier molecular flexibility index (Phi) is 1.25. The second-order valence-electron chi connectivity index (χ2n) is 1.43. The molecular weight excluding hydrogens is 108 g/mol. The van der Waals surface area contributed by atoms with Crippen LogP contribution in [0, 0.1) is 6.04 Å². The Labute approximate surface area is 47.3 Å². The van der Waals surface area contributed by atoms with Crippen LogP contribution in [-0.4, -0.2) is 0 Å². The molecule has 7 heavy (non-hydrogen) atoms. The van der Waals surface area contributed by atoms with E-state index < -0.39 is 0 Å². The van der Waals surface area contributed by atoms with Crippen LogP contribution in [0.4, 0.5) is 0 Å². The molecule has 1 rings (SSSR count). The first-order valence-corrected chi connectivity index (χ1v) is 2.84. The quantitative estimate of drug-likeness (QED) is 0.454. The highest BCUT2D eigenvalue weighted by molar-refractivity contribution is 8.01. The molecular formula is C4H7N2S. The first-order chi connectivity index (χ1) is 3.29. The molecule has 0 spiro atoms. The topological polar surface area (TPSA) is 38.0 Å². The van der Waals surface area contributed by atoms with Crippen LogP contribution < -0.4 is 10.5 Å². The average molecular weight is 115 g/mol. The summed E-state index contributed by atoms with van der Waals surface area (Å²) < 4.78 is 2.98. The van der Waals surface area contributed by atoms with Crippen LogP contribution >= 0.6 is 11.9 Å². The van der Waals surface area contributed by atoms with E-state index in [0.29, 0.717) is 0 Å². The number of hydrogen-bond acceptors (Lipinski definition) is 3. The summed E-state index contributed by atoms with van der Waals surface area (Å²) in [6.07, 6.45) is 1.91. The second-order valence-corrected chi connectivity index (χ2v) is 2.31. The Hall–Kier alpha value is -0.150. The fourth-order valence-corrected chi connectivity index (χ4v) is 0.985. The Morgan fingerprint density at radius 2 is 2.57 bits per heavy atom. The van der Waals surface area contributed by atoms with Crippen molar-refractivity contribution in [1.29, 1.82) is 0 Å². The fraction of sp³-hybridized carbons (Fsp3) is 0.250. The maximum Gasteiger partial charge on any atom is 0.0787 e. The van der Waals surface area contributed by atoms with Crippen molar-refractivity contribution in [3.63, 3.8) is 0 Å². The van der Waals surface area contributed by atoms with Crippen LogP contribution in [0.25, 0.3) is 0 Å². The Balaban J connectivity index is 2.50. The third-order valence-corrected chi connectivity index (χ3v) is 1.47. The minimum Gasteiger partial charge on any atom is -0.393 e. The van der Waals surface area contributed by atoms with Gasteiger partial charge in [-0.3, -0.25) is 0 Å². The first kappa shape index (κ1) is 5.00. The predicted octanol–water partition coefficient (Wildman–Crippen LogP) is 0.590. The molecule has 1 radical (unpaired) electrons. The van der Waals surface area contributed by atoms with Crippen LogP contribution in [0.5, 0.6) is 0 Å². The van der Waals surface area contributed by atoms with Gasteiger partial charge in [0.25, 0.3) is 0 Å².